The number of aryl methyl sites for hydroxylation is 1. The highest BCUT2D eigenvalue weighted by Gasteiger charge is 2.30. The number of rotatable bonds is 7. The van der Waals surface area contributed by atoms with Crippen LogP contribution < -0.4 is 5.32 Å². The fourth-order valence-corrected chi connectivity index (χ4v) is 4.01. The fraction of sp³-hybridized carbons (Fsp3) is 0.476. The van der Waals surface area contributed by atoms with Gasteiger partial charge in [-0.25, -0.2) is 0 Å². The van der Waals surface area contributed by atoms with Crippen molar-refractivity contribution in [3.63, 3.8) is 0 Å². The number of amides is 2. The van der Waals surface area contributed by atoms with E-state index in [0.717, 1.165) is 17.7 Å². The number of anilines is 1. The number of piperazine rings is 1. The van der Waals surface area contributed by atoms with Gasteiger partial charge in [0.05, 0.1) is 16.6 Å². The first kappa shape index (κ1) is 24.1. The highest BCUT2D eigenvalue weighted by molar-refractivity contribution is 8.01. The fourth-order valence-electron chi connectivity index (χ4n) is 3.23. The summed E-state index contributed by atoms with van der Waals surface area (Å²) in [5.41, 5.74) is 0.142. The van der Waals surface area contributed by atoms with Crippen molar-refractivity contribution in [1.29, 1.82) is 0 Å². The number of aromatic nitrogens is 1. The molecule has 1 fully saturated rings. The van der Waals surface area contributed by atoms with Gasteiger partial charge in [0.1, 0.15) is 5.76 Å². The van der Waals surface area contributed by atoms with Gasteiger partial charge < -0.3 is 14.7 Å². The first-order valence-corrected chi connectivity index (χ1v) is 11.2. The zero-order valence-electron chi connectivity index (χ0n) is 17.8. The maximum atomic E-state index is 12.7. The molecule has 0 saturated carbocycles. The molecule has 2 heterocycles. The molecule has 1 N–H and O–H groups in total. The van der Waals surface area contributed by atoms with Crippen LogP contribution in [0.3, 0.4) is 0 Å². The normalized spacial score (nSPS) is 16.1. The Morgan fingerprint density at radius 3 is 2.41 bits per heavy atom. The molecule has 3 rings (SSSR count). The molecule has 1 aromatic carbocycles. The molecular weight excluding hydrogens is 445 g/mol. The van der Waals surface area contributed by atoms with E-state index in [4.69, 9.17) is 4.52 Å². The lowest BCUT2D eigenvalue weighted by Gasteiger charge is -2.35. The zero-order valence-corrected chi connectivity index (χ0v) is 18.6. The molecule has 1 aromatic heterocycles. The molecule has 1 atom stereocenters. The van der Waals surface area contributed by atoms with Crippen molar-refractivity contribution >= 4 is 29.4 Å². The minimum absolute atomic E-state index is 0.0406. The van der Waals surface area contributed by atoms with E-state index in [9.17, 15) is 22.8 Å². The standard InChI is InChI=1S/C21H25F3N4O3S/c1-14-11-18(26-31-14)25-20(30)15(2)32-13-19(29)28-9-7-27(8-10-28)12-16-3-5-17(6-4-16)21(22,23)24/h3-6,11,15H,7-10,12-13H2,1-2H3,(H,25,26,30)/t15-/m0/s1. The highest BCUT2D eigenvalue weighted by atomic mass is 32.2. The van der Waals surface area contributed by atoms with Crippen LogP contribution in [0.25, 0.3) is 0 Å². The summed E-state index contributed by atoms with van der Waals surface area (Å²) in [5, 5.41) is 5.93. The third-order valence-corrected chi connectivity index (χ3v) is 6.25. The van der Waals surface area contributed by atoms with Crippen LogP contribution in [0.15, 0.2) is 34.9 Å². The Hall–Kier alpha value is -2.53. The summed E-state index contributed by atoms with van der Waals surface area (Å²) < 4.78 is 42.9. The van der Waals surface area contributed by atoms with Crippen molar-refractivity contribution < 1.29 is 27.3 Å². The van der Waals surface area contributed by atoms with Gasteiger partial charge in [0.15, 0.2) is 5.82 Å². The highest BCUT2D eigenvalue weighted by Crippen LogP contribution is 2.29. The van der Waals surface area contributed by atoms with Crippen molar-refractivity contribution in [1.82, 2.24) is 15.0 Å². The molecule has 0 unspecified atom stereocenters. The minimum atomic E-state index is -4.34. The molecule has 1 aliphatic heterocycles. The zero-order chi connectivity index (χ0) is 23.3. The second-order valence-corrected chi connectivity index (χ2v) is 8.95. The summed E-state index contributed by atoms with van der Waals surface area (Å²) >= 11 is 1.25. The summed E-state index contributed by atoms with van der Waals surface area (Å²) in [6.07, 6.45) is -4.34. The lowest BCUT2D eigenvalue weighted by Crippen LogP contribution is -2.49. The molecule has 0 radical (unpaired) electrons. The lowest BCUT2D eigenvalue weighted by atomic mass is 10.1. The topological polar surface area (TPSA) is 78.7 Å². The van der Waals surface area contributed by atoms with Gasteiger partial charge in [-0.3, -0.25) is 14.5 Å². The number of nitrogens with zero attached hydrogens (tertiary/aromatic N) is 3. The molecule has 1 aliphatic rings. The lowest BCUT2D eigenvalue weighted by molar-refractivity contribution is -0.137. The average Bonchev–Trinajstić information content (AvgIpc) is 3.16. The number of carbonyl (C=O) groups excluding carboxylic acids is 2. The number of thioether (sulfide) groups is 1. The molecule has 1 saturated heterocycles. The number of hydrogen-bond acceptors (Lipinski definition) is 6. The number of halogens is 3. The van der Waals surface area contributed by atoms with E-state index in [1.54, 1.807) is 24.8 Å². The van der Waals surface area contributed by atoms with E-state index in [-0.39, 0.29) is 17.6 Å². The van der Waals surface area contributed by atoms with Crippen molar-refractivity contribution in [3.8, 4) is 0 Å². The Morgan fingerprint density at radius 1 is 1.19 bits per heavy atom. The Labute approximate surface area is 188 Å². The molecule has 2 amide bonds. The second kappa shape index (κ2) is 10.4. The molecular formula is C21H25F3N4O3S. The van der Waals surface area contributed by atoms with Crippen LogP contribution in [-0.4, -0.2) is 64.0 Å². The summed E-state index contributed by atoms with van der Waals surface area (Å²) in [4.78, 5) is 28.6. The second-order valence-electron chi connectivity index (χ2n) is 7.62. The summed E-state index contributed by atoms with van der Waals surface area (Å²) in [5.74, 6) is 0.827. The van der Waals surface area contributed by atoms with Gasteiger partial charge in [-0.1, -0.05) is 17.3 Å². The largest absolute Gasteiger partial charge is 0.416 e. The van der Waals surface area contributed by atoms with Crippen LogP contribution in [0.2, 0.25) is 0 Å². The van der Waals surface area contributed by atoms with Gasteiger partial charge in [0, 0.05) is 38.8 Å². The van der Waals surface area contributed by atoms with Crippen LogP contribution in [0.1, 0.15) is 23.8 Å². The Balaban J connectivity index is 1.39. The molecule has 0 spiro atoms. The van der Waals surface area contributed by atoms with Gasteiger partial charge in [-0.15, -0.1) is 11.8 Å². The molecule has 0 bridgehead atoms. The number of carbonyl (C=O) groups is 2. The van der Waals surface area contributed by atoms with E-state index in [1.165, 1.54) is 23.9 Å². The summed E-state index contributed by atoms with van der Waals surface area (Å²) in [6, 6.07) is 6.78. The SMILES string of the molecule is Cc1cc(NC(=O)[C@H](C)SCC(=O)N2CCN(Cc3ccc(C(F)(F)F)cc3)CC2)no1. The number of hydrogen-bond donors (Lipinski definition) is 1. The molecule has 7 nitrogen and oxygen atoms in total. The molecule has 174 valence electrons. The smallest absolute Gasteiger partial charge is 0.360 e. The predicted molar refractivity (Wildman–Crippen MR) is 115 cm³/mol. The Morgan fingerprint density at radius 2 is 1.84 bits per heavy atom. The first-order chi connectivity index (χ1) is 15.1. The minimum Gasteiger partial charge on any atom is -0.360 e. The van der Waals surface area contributed by atoms with E-state index in [2.05, 4.69) is 15.4 Å². The maximum Gasteiger partial charge on any atom is 0.416 e. The average molecular weight is 471 g/mol. The predicted octanol–water partition coefficient (Wildman–Crippen LogP) is 3.41. The van der Waals surface area contributed by atoms with Gasteiger partial charge >= 0.3 is 6.18 Å². The van der Waals surface area contributed by atoms with E-state index >= 15 is 0 Å². The molecule has 11 heteroatoms. The van der Waals surface area contributed by atoms with Crippen LogP contribution in [0, 0.1) is 6.92 Å². The Kier molecular flexibility index (Phi) is 7.83. The number of nitrogens with one attached hydrogen (secondary N) is 1. The van der Waals surface area contributed by atoms with Crippen molar-refractivity contribution in [2.24, 2.45) is 0 Å². The van der Waals surface area contributed by atoms with E-state index in [1.807, 2.05) is 0 Å². The van der Waals surface area contributed by atoms with Crippen molar-refractivity contribution in [3.05, 3.63) is 47.2 Å². The van der Waals surface area contributed by atoms with Gasteiger partial charge in [0.25, 0.3) is 0 Å². The van der Waals surface area contributed by atoms with Crippen LogP contribution in [-0.2, 0) is 22.3 Å². The maximum absolute atomic E-state index is 12.7. The van der Waals surface area contributed by atoms with Crippen molar-refractivity contribution in [2.75, 3.05) is 37.2 Å². The van der Waals surface area contributed by atoms with Gasteiger partial charge in [0.2, 0.25) is 11.8 Å². The van der Waals surface area contributed by atoms with Crippen LogP contribution in [0.5, 0.6) is 0 Å². The third kappa shape index (κ3) is 6.73. The Bertz CT molecular complexity index is 925. The number of alkyl halides is 3. The first-order valence-electron chi connectivity index (χ1n) is 10.1. The van der Waals surface area contributed by atoms with Crippen LogP contribution >= 0.6 is 11.8 Å². The van der Waals surface area contributed by atoms with E-state index < -0.39 is 17.0 Å². The monoisotopic (exact) mass is 470 g/mol. The quantitative estimate of drug-likeness (QED) is 0.668. The van der Waals surface area contributed by atoms with Crippen LogP contribution in [0.4, 0.5) is 19.0 Å². The summed E-state index contributed by atoms with van der Waals surface area (Å²) in [6.45, 7) is 6.34. The van der Waals surface area contributed by atoms with Gasteiger partial charge in [-0.05, 0) is 31.5 Å². The third-order valence-electron chi connectivity index (χ3n) is 5.12. The van der Waals surface area contributed by atoms with E-state index in [0.29, 0.717) is 44.3 Å². The number of benzene rings is 1. The molecule has 32 heavy (non-hydrogen) atoms. The molecule has 2 aromatic rings. The van der Waals surface area contributed by atoms with Crippen molar-refractivity contribution in [2.45, 2.75) is 31.8 Å². The summed E-state index contributed by atoms with van der Waals surface area (Å²) in [7, 11) is 0. The molecule has 0 aliphatic carbocycles. The van der Waals surface area contributed by atoms with Gasteiger partial charge in [-0.2, -0.15) is 13.2 Å².